The number of carbonyl (C=O) groups is 1. The van der Waals surface area contributed by atoms with Crippen molar-refractivity contribution in [2.24, 2.45) is 0 Å². The average molecular weight is 336 g/mol. The van der Waals surface area contributed by atoms with E-state index in [0.29, 0.717) is 0 Å². The molecule has 7 heteroatoms. The Morgan fingerprint density at radius 1 is 1.30 bits per heavy atom. The molecule has 0 spiro atoms. The van der Waals surface area contributed by atoms with Gasteiger partial charge in [-0.25, -0.2) is 8.42 Å². The lowest BCUT2D eigenvalue weighted by Crippen LogP contribution is -2.36. The number of hydrogen-bond acceptors (Lipinski definition) is 3. The summed E-state index contributed by atoms with van der Waals surface area (Å²) in [5, 5.41) is 0.0987. The van der Waals surface area contributed by atoms with Crippen molar-refractivity contribution in [1.29, 1.82) is 0 Å². The predicted octanol–water partition coefficient (Wildman–Crippen LogP) is 3.28. The minimum atomic E-state index is -4.02. The summed E-state index contributed by atoms with van der Waals surface area (Å²) in [4.78, 5) is 13.9. The van der Waals surface area contributed by atoms with E-state index in [-0.39, 0.29) is 21.5 Å². The van der Waals surface area contributed by atoms with Crippen molar-refractivity contribution >= 4 is 37.2 Å². The fourth-order valence-corrected chi connectivity index (χ4v) is 3.93. The minimum absolute atomic E-state index is 0.0430. The molecule has 0 aliphatic heterocycles. The Hall–Kier alpha value is -0.780. The SMILES string of the molecule is CN(C(=O)c1c(Cl)cccc1S(=O)(=O)Cl)C1CCCC1. The van der Waals surface area contributed by atoms with E-state index >= 15 is 0 Å². The molecule has 0 unspecified atom stereocenters. The predicted molar refractivity (Wildman–Crippen MR) is 78.8 cm³/mol. The quantitative estimate of drug-likeness (QED) is 0.796. The molecule has 0 atom stereocenters. The highest BCUT2D eigenvalue weighted by Crippen LogP contribution is 2.30. The highest BCUT2D eigenvalue weighted by Gasteiger charge is 2.29. The summed E-state index contributed by atoms with van der Waals surface area (Å²) in [6.07, 6.45) is 4.00. The van der Waals surface area contributed by atoms with Crippen LogP contribution in [0.25, 0.3) is 0 Å². The van der Waals surface area contributed by atoms with Gasteiger partial charge in [0.25, 0.3) is 15.0 Å². The molecule has 1 aromatic rings. The van der Waals surface area contributed by atoms with Gasteiger partial charge >= 0.3 is 0 Å². The second-order valence-electron chi connectivity index (χ2n) is 4.91. The molecule has 0 heterocycles. The van der Waals surface area contributed by atoms with Crippen LogP contribution in [0, 0.1) is 0 Å². The molecule has 1 amide bonds. The lowest BCUT2D eigenvalue weighted by Gasteiger charge is -2.25. The van der Waals surface area contributed by atoms with Gasteiger partial charge in [0.1, 0.15) is 0 Å². The topological polar surface area (TPSA) is 54.5 Å². The number of rotatable bonds is 3. The number of amides is 1. The van der Waals surface area contributed by atoms with E-state index in [1.54, 1.807) is 11.9 Å². The molecule has 0 saturated heterocycles. The van der Waals surface area contributed by atoms with E-state index in [1.807, 2.05) is 0 Å². The van der Waals surface area contributed by atoms with Gasteiger partial charge < -0.3 is 4.90 Å². The second kappa shape index (κ2) is 5.92. The minimum Gasteiger partial charge on any atom is -0.339 e. The van der Waals surface area contributed by atoms with Gasteiger partial charge in [-0.05, 0) is 25.0 Å². The van der Waals surface area contributed by atoms with Gasteiger partial charge in [-0.1, -0.05) is 30.5 Å². The first-order valence-corrected chi connectivity index (χ1v) is 9.01. The van der Waals surface area contributed by atoms with Crippen molar-refractivity contribution in [3.63, 3.8) is 0 Å². The van der Waals surface area contributed by atoms with Crippen molar-refractivity contribution in [1.82, 2.24) is 4.90 Å². The zero-order valence-electron chi connectivity index (χ0n) is 11.0. The number of benzene rings is 1. The van der Waals surface area contributed by atoms with Crippen LogP contribution in [0.4, 0.5) is 0 Å². The van der Waals surface area contributed by atoms with E-state index in [4.69, 9.17) is 22.3 Å². The molecule has 4 nitrogen and oxygen atoms in total. The molecule has 1 saturated carbocycles. The Morgan fingerprint density at radius 2 is 1.90 bits per heavy atom. The van der Waals surface area contributed by atoms with Gasteiger partial charge in [0.05, 0.1) is 15.5 Å². The molecule has 20 heavy (non-hydrogen) atoms. The van der Waals surface area contributed by atoms with Gasteiger partial charge in [0, 0.05) is 23.8 Å². The van der Waals surface area contributed by atoms with Gasteiger partial charge in [-0.2, -0.15) is 0 Å². The summed E-state index contributed by atoms with van der Waals surface area (Å²) in [5.41, 5.74) is -0.0430. The molecular weight excluding hydrogens is 321 g/mol. The summed E-state index contributed by atoms with van der Waals surface area (Å²) >= 11 is 6.01. The molecule has 0 aromatic heterocycles. The highest BCUT2D eigenvalue weighted by molar-refractivity contribution is 8.13. The molecule has 1 aliphatic rings. The lowest BCUT2D eigenvalue weighted by atomic mass is 10.1. The highest BCUT2D eigenvalue weighted by atomic mass is 35.7. The van der Waals surface area contributed by atoms with Crippen LogP contribution in [-0.2, 0) is 9.05 Å². The summed E-state index contributed by atoms with van der Waals surface area (Å²) in [6.45, 7) is 0. The van der Waals surface area contributed by atoms with Crippen molar-refractivity contribution < 1.29 is 13.2 Å². The molecule has 110 valence electrons. The number of nitrogens with zero attached hydrogens (tertiary/aromatic N) is 1. The molecule has 0 radical (unpaired) electrons. The molecule has 1 aromatic carbocycles. The van der Waals surface area contributed by atoms with Crippen molar-refractivity contribution in [3.05, 3.63) is 28.8 Å². The zero-order chi connectivity index (χ0) is 14.9. The van der Waals surface area contributed by atoms with E-state index in [2.05, 4.69) is 0 Å². The third-order valence-electron chi connectivity index (χ3n) is 3.64. The molecule has 1 aliphatic carbocycles. The standard InChI is InChI=1S/C13H15Cl2NO3S/c1-16(9-5-2-3-6-9)13(17)12-10(14)7-4-8-11(12)20(15,18)19/h4,7-9H,2-3,5-6H2,1H3. The maximum Gasteiger partial charge on any atom is 0.262 e. The summed E-state index contributed by atoms with van der Waals surface area (Å²) < 4.78 is 23.2. The summed E-state index contributed by atoms with van der Waals surface area (Å²) in [6, 6.07) is 4.38. The van der Waals surface area contributed by atoms with Crippen molar-refractivity contribution in [3.8, 4) is 0 Å². The van der Waals surface area contributed by atoms with Crippen molar-refractivity contribution in [2.45, 2.75) is 36.6 Å². The first kappa shape index (κ1) is 15.6. The van der Waals surface area contributed by atoms with Crippen LogP contribution in [0.15, 0.2) is 23.1 Å². The van der Waals surface area contributed by atoms with Gasteiger partial charge in [-0.15, -0.1) is 0 Å². The largest absolute Gasteiger partial charge is 0.339 e. The monoisotopic (exact) mass is 335 g/mol. The molecular formula is C13H15Cl2NO3S. The van der Waals surface area contributed by atoms with Crippen LogP contribution >= 0.6 is 22.3 Å². The van der Waals surface area contributed by atoms with Gasteiger partial charge in [0.15, 0.2) is 0 Å². The number of hydrogen-bond donors (Lipinski definition) is 0. The average Bonchev–Trinajstić information content (AvgIpc) is 2.89. The smallest absolute Gasteiger partial charge is 0.262 e. The Morgan fingerprint density at radius 3 is 2.45 bits per heavy atom. The van der Waals surface area contributed by atoms with E-state index in [0.717, 1.165) is 25.7 Å². The first-order valence-electron chi connectivity index (χ1n) is 6.32. The third-order valence-corrected chi connectivity index (χ3v) is 5.32. The van der Waals surface area contributed by atoms with E-state index in [9.17, 15) is 13.2 Å². The second-order valence-corrected chi connectivity index (χ2v) is 7.85. The Bertz CT molecular complexity index is 625. The Labute approximate surface area is 128 Å². The van der Waals surface area contributed by atoms with Crippen molar-refractivity contribution in [2.75, 3.05) is 7.05 Å². The zero-order valence-corrected chi connectivity index (χ0v) is 13.3. The van der Waals surface area contributed by atoms with Crippen LogP contribution in [0.2, 0.25) is 5.02 Å². The maximum absolute atomic E-state index is 12.5. The normalized spacial score (nSPS) is 16.4. The summed E-state index contributed by atoms with van der Waals surface area (Å²) in [5.74, 6) is -0.401. The number of halogens is 2. The first-order chi connectivity index (χ1) is 9.32. The maximum atomic E-state index is 12.5. The van der Waals surface area contributed by atoms with E-state index < -0.39 is 15.0 Å². The van der Waals surface area contributed by atoms with Gasteiger partial charge in [0.2, 0.25) is 0 Å². The van der Waals surface area contributed by atoms with Crippen LogP contribution in [0.1, 0.15) is 36.0 Å². The summed E-state index contributed by atoms with van der Waals surface area (Å²) in [7, 11) is 3.04. The Balaban J connectivity index is 2.43. The number of carbonyl (C=O) groups excluding carboxylic acids is 1. The molecule has 0 N–H and O–H groups in total. The molecule has 1 fully saturated rings. The van der Waals surface area contributed by atoms with Crippen LogP contribution in [-0.4, -0.2) is 32.3 Å². The van der Waals surface area contributed by atoms with Gasteiger partial charge in [-0.3, -0.25) is 4.79 Å². The third kappa shape index (κ3) is 3.10. The van der Waals surface area contributed by atoms with Crippen LogP contribution < -0.4 is 0 Å². The fourth-order valence-electron chi connectivity index (χ4n) is 2.55. The van der Waals surface area contributed by atoms with E-state index in [1.165, 1.54) is 18.2 Å². The van der Waals surface area contributed by atoms with Crippen LogP contribution in [0.3, 0.4) is 0 Å². The fraction of sp³-hybridized carbons (Fsp3) is 0.462. The Kier molecular flexibility index (Phi) is 4.62. The lowest BCUT2D eigenvalue weighted by molar-refractivity contribution is 0.0731. The molecule has 0 bridgehead atoms. The van der Waals surface area contributed by atoms with Crippen LogP contribution in [0.5, 0.6) is 0 Å². The molecule has 2 rings (SSSR count).